The Labute approximate surface area is 183 Å². The van der Waals surface area contributed by atoms with Crippen LogP contribution in [0, 0.1) is 11.8 Å². The van der Waals surface area contributed by atoms with Crippen molar-refractivity contribution in [1.82, 2.24) is 9.97 Å². The van der Waals surface area contributed by atoms with Gasteiger partial charge in [0.1, 0.15) is 5.78 Å². The molecule has 0 radical (unpaired) electrons. The molecule has 1 atom stereocenters. The molecule has 0 saturated heterocycles. The summed E-state index contributed by atoms with van der Waals surface area (Å²) in [5.41, 5.74) is 6.27. The summed E-state index contributed by atoms with van der Waals surface area (Å²) in [7, 11) is 0. The van der Waals surface area contributed by atoms with Crippen molar-refractivity contribution in [2.75, 3.05) is 0 Å². The molecule has 1 saturated carbocycles. The highest BCUT2D eigenvalue weighted by Gasteiger charge is 2.32. The molecule has 0 aliphatic heterocycles. The van der Waals surface area contributed by atoms with Gasteiger partial charge in [0.05, 0.1) is 5.69 Å². The molecule has 3 aromatic rings. The van der Waals surface area contributed by atoms with E-state index in [2.05, 4.69) is 22.1 Å². The number of ketones is 2. The molecule has 1 aromatic carbocycles. The zero-order valence-electron chi connectivity index (χ0n) is 17.8. The summed E-state index contributed by atoms with van der Waals surface area (Å²) in [6.45, 7) is 0. The second-order valence-electron chi connectivity index (χ2n) is 9.06. The molecular formula is C27H28N2O2. The minimum Gasteiger partial charge on any atom is -0.358 e. The van der Waals surface area contributed by atoms with Crippen molar-refractivity contribution in [2.45, 2.75) is 51.4 Å². The first-order valence-corrected chi connectivity index (χ1v) is 11.4. The molecular weight excluding hydrogens is 384 g/mol. The third kappa shape index (κ3) is 4.12. The van der Waals surface area contributed by atoms with Crippen molar-refractivity contribution in [1.29, 1.82) is 0 Å². The van der Waals surface area contributed by atoms with E-state index in [1.807, 2.05) is 30.3 Å². The third-order valence-electron chi connectivity index (χ3n) is 6.98. The van der Waals surface area contributed by atoms with Gasteiger partial charge in [-0.05, 0) is 54.9 Å². The smallest absolute Gasteiger partial charge is 0.165 e. The fraction of sp³-hybridized carbons (Fsp3) is 0.370. The number of fused-ring (bicyclic) bond motifs is 1. The van der Waals surface area contributed by atoms with Crippen LogP contribution >= 0.6 is 0 Å². The van der Waals surface area contributed by atoms with Gasteiger partial charge in [0.2, 0.25) is 0 Å². The predicted octanol–water partition coefficient (Wildman–Crippen LogP) is 5.56. The highest BCUT2D eigenvalue weighted by atomic mass is 16.1. The molecule has 4 heteroatoms. The summed E-state index contributed by atoms with van der Waals surface area (Å²) in [6.07, 6.45) is 10.4. The third-order valence-corrected chi connectivity index (χ3v) is 6.98. The Hall–Kier alpha value is -3.01. The van der Waals surface area contributed by atoms with Gasteiger partial charge in [-0.25, -0.2) is 0 Å². The molecule has 2 aliphatic rings. The van der Waals surface area contributed by atoms with Gasteiger partial charge >= 0.3 is 0 Å². The van der Waals surface area contributed by atoms with Crippen LogP contribution in [-0.2, 0) is 17.6 Å². The van der Waals surface area contributed by atoms with E-state index in [9.17, 15) is 9.59 Å². The van der Waals surface area contributed by atoms with Crippen LogP contribution < -0.4 is 0 Å². The van der Waals surface area contributed by atoms with Gasteiger partial charge in [-0.1, -0.05) is 36.8 Å². The number of carbonyl (C=O) groups excluding carboxylic acids is 2. The Kier molecular flexibility index (Phi) is 5.54. The molecule has 4 nitrogen and oxygen atoms in total. The highest BCUT2D eigenvalue weighted by Crippen LogP contribution is 2.37. The predicted molar refractivity (Wildman–Crippen MR) is 121 cm³/mol. The lowest BCUT2D eigenvalue weighted by Crippen LogP contribution is -2.25. The Bertz CT molecular complexity index is 1080. The number of nitrogens with one attached hydrogen (secondary N) is 1. The number of rotatable bonds is 7. The summed E-state index contributed by atoms with van der Waals surface area (Å²) in [5.74, 6) is 1.15. The number of aromatic amines is 1. The number of aromatic nitrogens is 2. The fourth-order valence-corrected chi connectivity index (χ4v) is 5.04. The zero-order valence-corrected chi connectivity index (χ0v) is 17.8. The monoisotopic (exact) mass is 412 g/mol. The quantitative estimate of drug-likeness (QED) is 0.552. The van der Waals surface area contributed by atoms with Crippen LogP contribution in [0.1, 0.15) is 65.7 Å². The van der Waals surface area contributed by atoms with E-state index in [-0.39, 0.29) is 17.6 Å². The Morgan fingerprint density at radius 2 is 1.81 bits per heavy atom. The van der Waals surface area contributed by atoms with Crippen molar-refractivity contribution < 1.29 is 9.59 Å². The lowest BCUT2D eigenvalue weighted by atomic mass is 9.77. The van der Waals surface area contributed by atoms with Crippen LogP contribution in [-0.4, -0.2) is 21.5 Å². The number of hydrogen-bond acceptors (Lipinski definition) is 3. The summed E-state index contributed by atoms with van der Waals surface area (Å²) >= 11 is 0. The minimum absolute atomic E-state index is 0.213. The average molecular weight is 413 g/mol. The second kappa shape index (κ2) is 8.62. The normalized spacial score (nSPS) is 18.5. The maximum atomic E-state index is 13.3. The van der Waals surface area contributed by atoms with E-state index in [0.717, 1.165) is 60.2 Å². The Morgan fingerprint density at radius 1 is 1.03 bits per heavy atom. The molecule has 2 aromatic heterocycles. The summed E-state index contributed by atoms with van der Waals surface area (Å²) in [5, 5.41) is 0. The number of nitrogens with zero attached hydrogens (tertiary/aromatic N) is 1. The molecule has 31 heavy (non-hydrogen) atoms. The van der Waals surface area contributed by atoms with E-state index >= 15 is 0 Å². The van der Waals surface area contributed by atoms with E-state index in [1.54, 1.807) is 12.4 Å². The van der Waals surface area contributed by atoms with Crippen LogP contribution in [0.4, 0.5) is 0 Å². The molecule has 0 bridgehead atoms. The van der Waals surface area contributed by atoms with Crippen molar-refractivity contribution in [2.24, 2.45) is 11.8 Å². The van der Waals surface area contributed by atoms with Crippen LogP contribution in [0.3, 0.4) is 0 Å². The standard InChI is InChI=1S/C27H28N2O2/c30-24(20-7-4-8-20)10-9-19-16-23-26(25(31)17-19)22(15-18-5-2-1-3-6-18)27(29-23)21-11-13-28-14-12-21/h1-3,5-6,11-14,19-20,29H,4,7-10,15-17H2. The SMILES string of the molecule is O=C1CC(CCC(=O)C2CCC2)Cc2[nH]c(-c3ccncc3)c(Cc3ccccc3)c21. The molecule has 158 valence electrons. The lowest BCUT2D eigenvalue weighted by molar-refractivity contribution is -0.125. The van der Waals surface area contributed by atoms with Gasteiger partial charge in [0, 0.05) is 54.4 Å². The molecule has 2 heterocycles. The molecule has 0 spiro atoms. The maximum absolute atomic E-state index is 13.3. The van der Waals surface area contributed by atoms with E-state index in [0.29, 0.717) is 18.6 Å². The summed E-state index contributed by atoms with van der Waals surface area (Å²) in [6, 6.07) is 14.3. The number of H-pyrrole nitrogens is 1. The Balaban J connectivity index is 1.43. The summed E-state index contributed by atoms with van der Waals surface area (Å²) < 4.78 is 0. The topological polar surface area (TPSA) is 62.8 Å². The molecule has 2 aliphatic carbocycles. The lowest BCUT2D eigenvalue weighted by Gasteiger charge is -2.26. The second-order valence-corrected chi connectivity index (χ2v) is 9.06. The van der Waals surface area contributed by atoms with Gasteiger partial charge in [-0.3, -0.25) is 14.6 Å². The van der Waals surface area contributed by atoms with Crippen molar-refractivity contribution >= 4 is 11.6 Å². The van der Waals surface area contributed by atoms with Crippen LogP contribution in [0.15, 0.2) is 54.9 Å². The fourth-order valence-electron chi connectivity index (χ4n) is 5.04. The molecule has 1 fully saturated rings. The number of carbonyl (C=O) groups is 2. The van der Waals surface area contributed by atoms with Gasteiger partial charge in [-0.15, -0.1) is 0 Å². The van der Waals surface area contributed by atoms with Crippen LogP contribution in [0.2, 0.25) is 0 Å². The minimum atomic E-state index is 0.213. The average Bonchev–Trinajstić information content (AvgIpc) is 3.11. The van der Waals surface area contributed by atoms with Gasteiger partial charge < -0.3 is 4.98 Å². The largest absolute Gasteiger partial charge is 0.358 e. The molecule has 5 rings (SSSR count). The number of hydrogen-bond donors (Lipinski definition) is 1. The maximum Gasteiger partial charge on any atom is 0.165 e. The Morgan fingerprint density at radius 3 is 2.52 bits per heavy atom. The van der Waals surface area contributed by atoms with Crippen LogP contribution in [0.25, 0.3) is 11.3 Å². The van der Waals surface area contributed by atoms with Gasteiger partial charge in [0.25, 0.3) is 0 Å². The van der Waals surface area contributed by atoms with Gasteiger partial charge in [0.15, 0.2) is 5.78 Å². The number of pyridine rings is 1. The first-order chi connectivity index (χ1) is 15.2. The van der Waals surface area contributed by atoms with E-state index in [4.69, 9.17) is 0 Å². The van der Waals surface area contributed by atoms with E-state index in [1.165, 1.54) is 12.0 Å². The molecule has 1 unspecified atom stereocenters. The van der Waals surface area contributed by atoms with E-state index < -0.39 is 0 Å². The van der Waals surface area contributed by atoms with Crippen molar-refractivity contribution in [3.05, 3.63) is 77.2 Å². The van der Waals surface area contributed by atoms with Gasteiger partial charge in [-0.2, -0.15) is 0 Å². The molecule has 0 amide bonds. The summed E-state index contributed by atoms with van der Waals surface area (Å²) in [4.78, 5) is 33.4. The van der Waals surface area contributed by atoms with Crippen LogP contribution in [0.5, 0.6) is 0 Å². The van der Waals surface area contributed by atoms with Crippen molar-refractivity contribution in [3.63, 3.8) is 0 Å². The zero-order chi connectivity index (χ0) is 21.2. The molecule has 1 N–H and O–H groups in total. The first-order valence-electron chi connectivity index (χ1n) is 11.4. The highest BCUT2D eigenvalue weighted by molar-refractivity contribution is 6.02. The number of Topliss-reactive ketones (excluding diaryl/α,β-unsaturated/α-hetero) is 2. The van der Waals surface area contributed by atoms with Crippen molar-refractivity contribution in [3.8, 4) is 11.3 Å². The first kappa shape index (κ1) is 19.9. The number of benzene rings is 1.